The molecule has 2 rings (SSSR count). The highest BCUT2D eigenvalue weighted by Gasteiger charge is 2.11. The van der Waals surface area contributed by atoms with Crippen molar-refractivity contribution in [3.63, 3.8) is 0 Å². The Labute approximate surface area is 126 Å². The van der Waals surface area contributed by atoms with E-state index in [0.29, 0.717) is 11.4 Å². The monoisotopic (exact) mass is 338 g/mol. The van der Waals surface area contributed by atoms with Crippen LogP contribution in [0.2, 0.25) is 0 Å². The van der Waals surface area contributed by atoms with E-state index < -0.39 is 5.82 Å². The fourth-order valence-electron chi connectivity index (χ4n) is 1.94. The van der Waals surface area contributed by atoms with Gasteiger partial charge >= 0.3 is 0 Å². The van der Waals surface area contributed by atoms with Gasteiger partial charge in [0, 0.05) is 22.6 Å². The van der Waals surface area contributed by atoms with Crippen molar-refractivity contribution >= 4 is 27.3 Å². The van der Waals surface area contributed by atoms with Gasteiger partial charge in [-0.25, -0.2) is 4.39 Å². The van der Waals surface area contributed by atoms with Gasteiger partial charge in [0.25, 0.3) is 0 Å². The van der Waals surface area contributed by atoms with Crippen molar-refractivity contribution in [2.75, 3.05) is 18.2 Å². The van der Waals surface area contributed by atoms with Crippen LogP contribution in [0, 0.1) is 5.82 Å². The third kappa shape index (κ3) is 3.22. The van der Waals surface area contributed by atoms with Gasteiger partial charge in [0.1, 0.15) is 0 Å². The Bertz CT molecular complexity index is 619. The predicted octanol–water partition coefficient (Wildman–Crippen LogP) is 4.35. The quantitative estimate of drug-likeness (QED) is 0.814. The summed E-state index contributed by atoms with van der Waals surface area (Å²) in [6.07, 6.45) is 0. The number of hydrogen-bond acceptors (Lipinski definition) is 3. The summed E-state index contributed by atoms with van der Waals surface area (Å²) in [4.78, 5) is 0. The molecule has 1 unspecified atom stereocenters. The Hall–Kier alpha value is -1.75. The molecule has 0 saturated carbocycles. The Morgan fingerprint density at radius 1 is 1.30 bits per heavy atom. The second kappa shape index (κ2) is 6.13. The summed E-state index contributed by atoms with van der Waals surface area (Å²) in [5.74, 6) is -0.297. The first kappa shape index (κ1) is 14.7. The fraction of sp³-hybridized carbons (Fsp3) is 0.200. The van der Waals surface area contributed by atoms with Gasteiger partial charge in [-0.15, -0.1) is 0 Å². The maximum atomic E-state index is 13.5. The molecule has 0 fully saturated rings. The minimum atomic E-state index is -0.467. The number of nitrogens with two attached hydrogens (primary N) is 1. The highest BCUT2D eigenvalue weighted by Crippen LogP contribution is 2.31. The van der Waals surface area contributed by atoms with Crippen molar-refractivity contribution in [2.24, 2.45) is 0 Å². The van der Waals surface area contributed by atoms with Crippen LogP contribution in [0.1, 0.15) is 18.5 Å². The van der Waals surface area contributed by atoms with Crippen LogP contribution in [0.4, 0.5) is 15.8 Å². The van der Waals surface area contributed by atoms with Gasteiger partial charge in [0.2, 0.25) is 0 Å². The number of ether oxygens (including phenoxy) is 1. The minimum Gasteiger partial charge on any atom is -0.494 e. The number of nitrogens with one attached hydrogen (secondary N) is 1. The number of anilines is 2. The molecule has 3 N–H and O–H groups in total. The normalized spacial score (nSPS) is 12.0. The lowest BCUT2D eigenvalue weighted by atomic mass is 10.1. The van der Waals surface area contributed by atoms with Crippen molar-refractivity contribution in [1.29, 1.82) is 0 Å². The van der Waals surface area contributed by atoms with Crippen LogP contribution in [-0.2, 0) is 0 Å². The summed E-state index contributed by atoms with van der Waals surface area (Å²) in [6, 6.07) is 10.8. The Kier molecular flexibility index (Phi) is 4.49. The Morgan fingerprint density at radius 2 is 2.05 bits per heavy atom. The molecule has 3 nitrogen and oxygen atoms in total. The van der Waals surface area contributed by atoms with E-state index in [1.165, 1.54) is 13.2 Å². The standard InChI is InChI=1S/C15H16BrFN2O/c1-9(10-4-3-5-11(16)6-10)19-14-8-15(20-2)12(17)7-13(14)18/h3-9,19H,18H2,1-2H3. The van der Waals surface area contributed by atoms with Crippen LogP contribution in [0.25, 0.3) is 0 Å². The van der Waals surface area contributed by atoms with E-state index in [1.807, 2.05) is 31.2 Å². The van der Waals surface area contributed by atoms with Crippen LogP contribution >= 0.6 is 15.9 Å². The first-order valence-corrected chi connectivity index (χ1v) is 6.95. The van der Waals surface area contributed by atoms with Crippen LogP contribution in [0.5, 0.6) is 5.75 Å². The van der Waals surface area contributed by atoms with Crippen molar-refractivity contribution in [3.8, 4) is 5.75 Å². The molecule has 5 heteroatoms. The predicted molar refractivity (Wildman–Crippen MR) is 83.5 cm³/mol. The molecule has 20 heavy (non-hydrogen) atoms. The topological polar surface area (TPSA) is 47.3 Å². The van der Waals surface area contributed by atoms with Crippen LogP contribution in [0.3, 0.4) is 0 Å². The summed E-state index contributed by atoms with van der Waals surface area (Å²) in [6.45, 7) is 2.01. The zero-order valence-electron chi connectivity index (χ0n) is 11.3. The third-order valence-electron chi connectivity index (χ3n) is 3.04. The van der Waals surface area contributed by atoms with E-state index in [9.17, 15) is 4.39 Å². The van der Waals surface area contributed by atoms with Crippen LogP contribution in [-0.4, -0.2) is 7.11 Å². The second-order valence-corrected chi connectivity index (χ2v) is 5.41. The van der Waals surface area contributed by atoms with Gasteiger partial charge in [-0.3, -0.25) is 0 Å². The molecule has 2 aromatic rings. The summed E-state index contributed by atoms with van der Waals surface area (Å²) < 4.78 is 19.5. The molecular weight excluding hydrogens is 323 g/mol. The van der Waals surface area contributed by atoms with Crippen molar-refractivity contribution < 1.29 is 9.13 Å². The first-order chi connectivity index (χ1) is 9.51. The lowest BCUT2D eigenvalue weighted by Gasteiger charge is -2.18. The SMILES string of the molecule is COc1cc(NC(C)c2cccc(Br)c2)c(N)cc1F. The molecule has 0 aliphatic rings. The molecule has 0 spiro atoms. The maximum Gasteiger partial charge on any atom is 0.167 e. The molecule has 0 heterocycles. The number of hydrogen-bond donors (Lipinski definition) is 2. The second-order valence-electron chi connectivity index (χ2n) is 4.50. The Balaban J connectivity index is 2.25. The largest absolute Gasteiger partial charge is 0.494 e. The molecule has 2 aromatic carbocycles. The zero-order chi connectivity index (χ0) is 14.7. The summed E-state index contributed by atoms with van der Waals surface area (Å²) in [7, 11) is 1.43. The van der Waals surface area contributed by atoms with Gasteiger partial charge in [0.05, 0.1) is 18.5 Å². The molecule has 106 valence electrons. The van der Waals surface area contributed by atoms with E-state index in [1.54, 1.807) is 6.07 Å². The van der Waals surface area contributed by atoms with Crippen molar-refractivity contribution in [3.05, 3.63) is 52.3 Å². The summed E-state index contributed by atoms with van der Waals surface area (Å²) in [5, 5.41) is 3.26. The highest BCUT2D eigenvalue weighted by atomic mass is 79.9. The smallest absolute Gasteiger partial charge is 0.167 e. The lowest BCUT2D eigenvalue weighted by Crippen LogP contribution is -2.09. The Morgan fingerprint density at radius 3 is 2.70 bits per heavy atom. The molecule has 0 aliphatic heterocycles. The van der Waals surface area contributed by atoms with Gasteiger partial charge in [-0.2, -0.15) is 0 Å². The average molecular weight is 339 g/mol. The van der Waals surface area contributed by atoms with Gasteiger partial charge in [-0.05, 0) is 24.6 Å². The molecule has 0 aliphatic carbocycles. The first-order valence-electron chi connectivity index (χ1n) is 6.16. The molecule has 0 aromatic heterocycles. The molecule has 0 radical (unpaired) electrons. The fourth-order valence-corrected chi connectivity index (χ4v) is 2.36. The van der Waals surface area contributed by atoms with E-state index in [4.69, 9.17) is 10.5 Å². The van der Waals surface area contributed by atoms with Crippen molar-refractivity contribution in [1.82, 2.24) is 0 Å². The molecular formula is C15H16BrFN2O. The van der Waals surface area contributed by atoms with Crippen LogP contribution < -0.4 is 15.8 Å². The number of rotatable bonds is 4. The summed E-state index contributed by atoms with van der Waals surface area (Å²) in [5.41, 5.74) is 7.93. The van der Waals surface area contributed by atoms with Crippen LogP contribution in [0.15, 0.2) is 40.9 Å². The van der Waals surface area contributed by atoms with E-state index in [0.717, 1.165) is 10.0 Å². The molecule has 0 amide bonds. The molecule has 0 bridgehead atoms. The third-order valence-corrected chi connectivity index (χ3v) is 3.54. The molecule has 1 atom stereocenters. The number of halogens is 2. The van der Waals surface area contributed by atoms with Crippen molar-refractivity contribution in [2.45, 2.75) is 13.0 Å². The van der Waals surface area contributed by atoms with E-state index >= 15 is 0 Å². The minimum absolute atomic E-state index is 0.0324. The lowest BCUT2D eigenvalue weighted by molar-refractivity contribution is 0.387. The van der Waals surface area contributed by atoms with Gasteiger partial charge < -0.3 is 15.8 Å². The average Bonchev–Trinajstić information content (AvgIpc) is 2.41. The number of benzene rings is 2. The number of methoxy groups -OCH3 is 1. The van der Waals surface area contributed by atoms with E-state index in [2.05, 4.69) is 21.2 Å². The van der Waals surface area contributed by atoms with Gasteiger partial charge in [-0.1, -0.05) is 28.1 Å². The summed E-state index contributed by atoms with van der Waals surface area (Å²) >= 11 is 3.44. The number of nitrogen functional groups attached to an aromatic ring is 1. The zero-order valence-corrected chi connectivity index (χ0v) is 12.9. The maximum absolute atomic E-state index is 13.5. The van der Waals surface area contributed by atoms with Gasteiger partial charge in [0.15, 0.2) is 11.6 Å². The highest BCUT2D eigenvalue weighted by molar-refractivity contribution is 9.10. The molecule has 0 saturated heterocycles. The van der Waals surface area contributed by atoms with E-state index in [-0.39, 0.29) is 11.8 Å².